The first kappa shape index (κ1) is 40.6. The van der Waals surface area contributed by atoms with Crippen molar-refractivity contribution in [2.24, 2.45) is 22.9 Å². The smallest absolute Gasteiger partial charge is 0.109 e. The summed E-state index contributed by atoms with van der Waals surface area (Å²) < 4.78 is 15.4. The van der Waals surface area contributed by atoms with Gasteiger partial charge in [-0.1, -0.05) is 61.8 Å². The lowest BCUT2D eigenvalue weighted by Gasteiger charge is -2.39. The highest BCUT2D eigenvalue weighted by Crippen LogP contribution is 2.22. The van der Waals surface area contributed by atoms with E-state index in [1.54, 1.807) is 0 Å². The van der Waals surface area contributed by atoms with Crippen LogP contribution in [0.25, 0.3) is 0 Å². The van der Waals surface area contributed by atoms with Crippen LogP contribution >= 0.6 is 0 Å². The summed E-state index contributed by atoms with van der Waals surface area (Å²) in [4.78, 5) is 0. The van der Waals surface area contributed by atoms with Gasteiger partial charge in [0.2, 0.25) is 0 Å². The molecule has 16 heteroatoms. The Kier molecular flexibility index (Phi) is 17.4. The van der Waals surface area contributed by atoms with Crippen molar-refractivity contribution in [2.75, 3.05) is 13.2 Å². The van der Waals surface area contributed by atoms with Crippen LogP contribution in [0.15, 0.2) is 12.4 Å². The van der Waals surface area contributed by atoms with Crippen LogP contribution < -0.4 is 22.9 Å². The molecule has 2 aliphatic rings. The van der Waals surface area contributed by atoms with Gasteiger partial charge >= 0.3 is 0 Å². The minimum Gasteiger partial charge on any atom is -0.389 e. The van der Waals surface area contributed by atoms with Crippen LogP contribution in [0.5, 0.6) is 0 Å². The molecule has 0 aliphatic heterocycles. The number of rotatable bonds is 23. The van der Waals surface area contributed by atoms with E-state index in [4.69, 9.17) is 32.4 Å². The maximum atomic E-state index is 10.2. The fourth-order valence-corrected chi connectivity index (χ4v) is 7.05. The summed E-state index contributed by atoms with van der Waals surface area (Å²) in [6, 6.07) is -1.84. The molecule has 2 heterocycles. The van der Waals surface area contributed by atoms with Crippen molar-refractivity contribution in [3.63, 3.8) is 0 Å². The molecule has 4 rings (SSSR count). The molecule has 0 radical (unpaired) electrons. The lowest BCUT2D eigenvalue weighted by molar-refractivity contribution is -0.127. The van der Waals surface area contributed by atoms with Gasteiger partial charge in [-0.25, -0.2) is 0 Å². The topological polar surface area (TPSA) is 265 Å². The molecule has 2 saturated carbocycles. The molecule has 0 unspecified atom stereocenters. The van der Waals surface area contributed by atoms with Crippen LogP contribution in [-0.2, 0) is 35.4 Å². The van der Waals surface area contributed by atoms with E-state index in [1.807, 2.05) is 21.8 Å². The van der Waals surface area contributed by atoms with Gasteiger partial charge in [0, 0.05) is 62.9 Å². The Labute approximate surface area is 296 Å². The van der Waals surface area contributed by atoms with E-state index in [2.05, 4.69) is 20.6 Å². The molecule has 0 bridgehead atoms. The van der Waals surface area contributed by atoms with Gasteiger partial charge in [0.1, 0.15) is 24.4 Å². The van der Waals surface area contributed by atoms with Crippen LogP contribution in [0.1, 0.15) is 101 Å². The second-order valence-corrected chi connectivity index (χ2v) is 14.4. The van der Waals surface area contributed by atoms with Gasteiger partial charge in [0.25, 0.3) is 0 Å². The minimum atomic E-state index is -1.07. The Bertz CT molecular complexity index is 1110. The summed E-state index contributed by atoms with van der Waals surface area (Å²) in [7, 11) is 0. The minimum absolute atomic E-state index is 0.392. The predicted molar refractivity (Wildman–Crippen MR) is 187 cm³/mol. The molecule has 0 saturated heterocycles. The lowest BCUT2D eigenvalue weighted by atomic mass is 9.85. The number of aliphatic hydroxyl groups is 4. The average molecular weight is 709 g/mol. The summed E-state index contributed by atoms with van der Waals surface area (Å²) in [5.74, 6) is 0. The normalized spacial score (nSPS) is 30.2. The van der Waals surface area contributed by atoms with E-state index < -0.39 is 60.8 Å². The molecule has 16 nitrogen and oxygen atoms in total. The van der Waals surface area contributed by atoms with Crippen molar-refractivity contribution in [1.29, 1.82) is 0 Å². The molecule has 0 aromatic carbocycles. The SMILES string of the molecule is N[C@@H]1C[C@H](N)[C@@H](OCCCc2cn(CCCCCCCCCCCCn3cc(CCCO[C@H]4[C@H](O)[C@@H](O)[C@H](N)C[C@@H]4N)nn3)nn2)[C@H](O)[C@H]1O. The molecule has 2 aromatic heterocycles. The third-order valence-corrected chi connectivity index (χ3v) is 10.2. The molecule has 286 valence electrons. The second kappa shape index (κ2) is 21.4. The highest BCUT2D eigenvalue weighted by Gasteiger charge is 2.42. The van der Waals surface area contributed by atoms with E-state index in [9.17, 15) is 20.4 Å². The van der Waals surface area contributed by atoms with E-state index in [0.29, 0.717) is 26.1 Å². The van der Waals surface area contributed by atoms with Gasteiger partial charge in [-0.15, -0.1) is 10.2 Å². The van der Waals surface area contributed by atoms with Crippen molar-refractivity contribution in [1.82, 2.24) is 30.0 Å². The molecule has 12 N–H and O–H groups in total. The fourth-order valence-electron chi connectivity index (χ4n) is 7.05. The third kappa shape index (κ3) is 12.8. The molecule has 2 aromatic rings. The summed E-state index contributed by atoms with van der Waals surface area (Å²) in [6.45, 7) is 2.58. The van der Waals surface area contributed by atoms with Crippen molar-refractivity contribution in [2.45, 2.75) is 177 Å². The Morgan fingerprint density at radius 2 is 0.880 bits per heavy atom. The zero-order valence-corrected chi connectivity index (χ0v) is 29.7. The van der Waals surface area contributed by atoms with Crippen molar-refractivity contribution in [3.8, 4) is 0 Å². The van der Waals surface area contributed by atoms with Gasteiger partial charge in [0.05, 0.1) is 23.6 Å². The van der Waals surface area contributed by atoms with Crippen LogP contribution in [0.2, 0.25) is 0 Å². The number of nitrogens with zero attached hydrogens (tertiary/aromatic N) is 6. The Balaban J connectivity index is 0.923. The summed E-state index contributed by atoms with van der Waals surface area (Å²) in [6.07, 6.45) is 14.5. The third-order valence-electron chi connectivity index (χ3n) is 10.2. The quantitative estimate of drug-likeness (QED) is 0.0687. The van der Waals surface area contributed by atoms with Crippen molar-refractivity contribution < 1.29 is 29.9 Å². The number of hydrogen-bond acceptors (Lipinski definition) is 14. The number of nitrogens with two attached hydrogens (primary N) is 4. The highest BCUT2D eigenvalue weighted by molar-refractivity contribution is 4.99. The second-order valence-electron chi connectivity index (χ2n) is 14.4. The number of ether oxygens (including phenoxy) is 2. The molecular weight excluding hydrogens is 644 g/mol. The molecule has 10 atom stereocenters. The van der Waals surface area contributed by atoms with Gasteiger partial charge in [-0.2, -0.15) is 0 Å². The largest absolute Gasteiger partial charge is 0.389 e. The maximum Gasteiger partial charge on any atom is 0.109 e. The van der Waals surface area contributed by atoms with Gasteiger partial charge in [-0.3, -0.25) is 9.36 Å². The molecule has 2 aliphatic carbocycles. The van der Waals surface area contributed by atoms with Crippen molar-refractivity contribution in [3.05, 3.63) is 23.8 Å². The number of unbranched alkanes of at least 4 members (excludes halogenated alkanes) is 9. The van der Waals surface area contributed by atoms with Crippen LogP contribution in [0, 0.1) is 0 Å². The monoisotopic (exact) mass is 709 g/mol. The first-order valence-electron chi connectivity index (χ1n) is 18.9. The fraction of sp³-hybridized carbons (Fsp3) is 0.882. The summed E-state index contributed by atoms with van der Waals surface area (Å²) in [5, 5.41) is 57.5. The van der Waals surface area contributed by atoms with Gasteiger partial charge in [-0.05, 0) is 51.4 Å². The lowest BCUT2D eigenvalue weighted by Crippen LogP contribution is -2.62. The number of hydrogen-bond donors (Lipinski definition) is 8. The highest BCUT2D eigenvalue weighted by atomic mass is 16.5. The molecule has 50 heavy (non-hydrogen) atoms. The Morgan fingerprint density at radius 3 is 1.26 bits per heavy atom. The number of aliphatic hydroxyl groups excluding tert-OH is 4. The summed E-state index contributed by atoms with van der Waals surface area (Å²) >= 11 is 0. The zero-order chi connectivity index (χ0) is 35.9. The van der Waals surface area contributed by atoms with Crippen molar-refractivity contribution >= 4 is 0 Å². The van der Waals surface area contributed by atoms with E-state index in [1.165, 1.54) is 51.4 Å². The average Bonchev–Trinajstić information content (AvgIpc) is 3.75. The van der Waals surface area contributed by atoms with E-state index in [-0.39, 0.29) is 0 Å². The first-order valence-corrected chi connectivity index (χ1v) is 18.9. The summed E-state index contributed by atoms with van der Waals surface area (Å²) in [5.41, 5.74) is 25.6. The number of aromatic nitrogens is 6. The Hall–Kier alpha value is -2.12. The molecule has 0 spiro atoms. The first-order chi connectivity index (χ1) is 24.1. The number of aryl methyl sites for hydroxylation is 4. The van der Waals surface area contributed by atoms with Gasteiger partial charge < -0.3 is 52.8 Å². The maximum absolute atomic E-state index is 10.2. The van der Waals surface area contributed by atoms with Crippen LogP contribution in [0.3, 0.4) is 0 Å². The van der Waals surface area contributed by atoms with E-state index >= 15 is 0 Å². The molecular formula is C34H64N10O6. The Morgan fingerprint density at radius 1 is 0.520 bits per heavy atom. The zero-order valence-electron chi connectivity index (χ0n) is 29.7. The van der Waals surface area contributed by atoms with Crippen LogP contribution in [0.4, 0.5) is 0 Å². The van der Waals surface area contributed by atoms with E-state index in [0.717, 1.165) is 63.0 Å². The molecule has 0 amide bonds. The standard InChI is InChI=1S/C34H64N10O6/c35-25-19-27(37)33(31(47)29(25)45)49-17-11-13-23-21-43(41-39-23)15-9-7-5-3-1-2-4-6-8-10-16-44-22-24(40-42-44)14-12-18-50-34-28(38)20-26(36)30(46)32(34)48/h21-22,25-34,45-48H,1-20,35-38H2/t25-,26-,27+,28+,29+,30+,31-,32-,33-,34-/m1/s1. The van der Waals surface area contributed by atoms with Gasteiger partial charge in [0.15, 0.2) is 0 Å². The predicted octanol–water partition coefficient (Wildman–Crippen LogP) is -0.333. The van der Waals surface area contributed by atoms with Crippen LogP contribution in [-0.4, -0.2) is 124 Å². The molecule has 2 fully saturated rings.